The lowest BCUT2D eigenvalue weighted by Crippen LogP contribution is -2.32. The summed E-state index contributed by atoms with van der Waals surface area (Å²) >= 11 is 0. The van der Waals surface area contributed by atoms with E-state index < -0.39 is 5.82 Å². The number of hydrogen-bond donors (Lipinski definition) is 0. The number of allylic oxidation sites excluding steroid dienone is 1. The van der Waals surface area contributed by atoms with Gasteiger partial charge in [0, 0.05) is 101 Å². The highest BCUT2D eigenvalue weighted by Gasteiger charge is 2.26. The predicted molar refractivity (Wildman–Crippen MR) is 370 cm³/mol. The Bertz CT molecular complexity index is 5130. The van der Waals surface area contributed by atoms with Gasteiger partial charge in [0.05, 0.1) is 57.6 Å². The van der Waals surface area contributed by atoms with Crippen molar-refractivity contribution in [1.29, 1.82) is 0 Å². The number of alkyl halides is 1. The highest BCUT2D eigenvalue weighted by molar-refractivity contribution is 5.87. The first-order valence-electron chi connectivity index (χ1n) is 33.5. The molecule has 3 aliphatic heterocycles. The Labute approximate surface area is 562 Å². The number of halogens is 5. The second-order valence-corrected chi connectivity index (χ2v) is 25.7. The van der Waals surface area contributed by atoms with Gasteiger partial charge < -0.3 is 19.4 Å². The molecule has 0 amide bonds. The van der Waals surface area contributed by atoms with Crippen molar-refractivity contribution in [2.75, 3.05) is 59.0 Å². The molecule has 18 nitrogen and oxygen atoms in total. The fourth-order valence-corrected chi connectivity index (χ4v) is 13.6. The fraction of sp³-hybridized carbons (Fsp3) is 0.320. The molecule has 0 aliphatic carbocycles. The van der Waals surface area contributed by atoms with Crippen molar-refractivity contribution in [3.8, 4) is 45.4 Å². The number of nitrogens with zero attached hydrogens (tertiary/aromatic N) is 17. The van der Waals surface area contributed by atoms with E-state index in [9.17, 15) is 13.2 Å². The molecule has 3 aliphatic rings. The molecule has 2 saturated heterocycles. The first-order valence-corrected chi connectivity index (χ1v) is 33.5. The second kappa shape index (κ2) is 28.1. The number of benzene rings is 5. The molecule has 8 aromatic heterocycles. The number of fused-ring (bicyclic) bond motifs is 6. The van der Waals surface area contributed by atoms with Crippen LogP contribution in [-0.2, 0) is 7.05 Å². The minimum Gasteiger partial charge on any atom is -0.453 e. The van der Waals surface area contributed by atoms with E-state index in [0.29, 0.717) is 95.8 Å². The molecule has 5 aromatic carbocycles. The number of likely N-dealkylation sites (tertiary alicyclic amines) is 2. The van der Waals surface area contributed by atoms with Gasteiger partial charge in [-0.2, -0.15) is 35.7 Å². The zero-order valence-corrected chi connectivity index (χ0v) is 55.5. The molecule has 500 valence electrons. The van der Waals surface area contributed by atoms with Gasteiger partial charge in [-0.05, 0) is 195 Å². The molecule has 2 atom stereocenters. The third-order valence-corrected chi connectivity index (χ3v) is 18.9. The molecule has 0 spiro atoms. The van der Waals surface area contributed by atoms with Crippen molar-refractivity contribution in [2.45, 2.75) is 90.9 Å². The molecule has 0 N–H and O–H groups in total. The summed E-state index contributed by atoms with van der Waals surface area (Å²) in [5.74, 6) is 0.713. The average Bonchev–Trinajstić information content (AvgIpc) is 1.19. The largest absolute Gasteiger partial charge is 0.453 e. The first kappa shape index (κ1) is 65.0. The molecule has 13 aromatic rings. The van der Waals surface area contributed by atoms with Crippen LogP contribution in [0.1, 0.15) is 104 Å². The molecule has 0 saturated carbocycles. The lowest BCUT2D eigenvalue weighted by Gasteiger charge is -2.30. The number of imidazole rings is 2. The SMILES string of the molecule is CCN1C=CC(c2cc(F)c3nc(-c4cc(F)c5nn(C)cc5c4)ncc3c2)CC1.CCN1CCC(c2cc3c(F)cc(-c4cc(Oc5ccccc5)c5nc(C)cn5n4)cc3nn2)CC1.Cc1cn2nc(-c3cc(F)c4cc(C5CCCN(CCF)CC5)nnc4c3)cc(C)c2n1. The predicted octanol–water partition coefficient (Wildman–Crippen LogP) is 15.2. The Kier molecular flexibility index (Phi) is 18.6. The minimum absolute atomic E-state index is 0.175. The molecule has 0 radical (unpaired) electrons. The monoisotopic (exact) mass is 1320 g/mol. The lowest BCUT2D eigenvalue weighted by atomic mass is 9.92. The van der Waals surface area contributed by atoms with Crippen LogP contribution in [0.3, 0.4) is 0 Å². The number of rotatable bonds is 12. The summed E-state index contributed by atoms with van der Waals surface area (Å²) in [6.45, 7) is 17.0. The van der Waals surface area contributed by atoms with E-state index in [1.54, 1.807) is 51.4 Å². The van der Waals surface area contributed by atoms with Crippen LogP contribution in [0.25, 0.3) is 88.8 Å². The number of ether oxygens (including phenoxy) is 1. The Balaban J connectivity index is 0.000000126. The van der Waals surface area contributed by atoms with Gasteiger partial charge in [-0.1, -0.05) is 31.2 Å². The van der Waals surface area contributed by atoms with Crippen molar-refractivity contribution >= 4 is 54.9 Å². The van der Waals surface area contributed by atoms with Gasteiger partial charge in [0.15, 0.2) is 28.7 Å². The topological polar surface area (TPSA) is 174 Å². The van der Waals surface area contributed by atoms with E-state index >= 15 is 8.78 Å². The number of para-hydroxylation sites is 1. The third-order valence-electron chi connectivity index (χ3n) is 18.9. The molecular formula is C75H74F5N17O. The summed E-state index contributed by atoms with van der Waals surface area (Å²) in [5.41, 5.74) is 11.2. The maximum absolute atomic E-state index is 15.4. The van der Waals surface area contributed by atoms with E-state index in [0.717, 1.165) is 124 Å². The molecule has 2 fully saturated rings. The Morgan fingerprint density at radius 1 is 0.551 bits per heavy atom. The van der Waals surface area contributed by atoms with Gasteiger partial charge in [-0.25, -0.2) is 50.9 Å². The summed E-state index contributed by atoms with van der Waals surface area (Å²) in [4.78, 5) is 24.6. The van der Waals surface area contributed by atoms with Gasteiger partial charge in [-0.3, -0.25) is 4.68 Å². The maximum Gasteiger partial charge on any atom is 0.197 e. The summed E-state index contributed by atoms with van der Waals surface area (Å²) < 4.78 is 83.8. The summed E-state index contributed by atoms with van der Waals surface area (Å²) in [6, 6.07) is 30.2. The number of hydrogen-bond acceptors (Lipinski definition) is 15. The number of piperidine rings is 1. The van der Waals surface area contributed by atoms with Crippen LogP contribution in [0, 0.1) is 44.0 Å². The van der Waals surface area contributed by atoms with Crippen molar-refractivity contribution < 1.29 is 26.7 Å². The van der Waals surface area contributed by atoms with Gasteiger partial charge in [0.25, 0.3) is 0 Å². The van der Waals surface area contributed by atoms with Gasteiger partial charge in [-0.15, -0.1) is 0 Å². The van der Waals surface area contributed by atoms with Gasteiger partial charge in [0.2, 0.25) is 0 Å². The van der Waals surface area contributed by atoms with Crippen LogP contribution in [0.2, 0.25) is 0 Å². The normalized spacial score (nSPS) is 16.5. The molecule has 16 rings (SSSR count). The van der Waals surface area contributed by atoms with Crippen LogP contribution in [0.5, 0.6) is 11.5 Å². The zero-order chi connectivity index (χ0) is 67.7. The Hall–Kier alpha value is -10.3. The van der Waals surface area contributed by atoms with Crippen LogP contribution in [0.4, 0.5) is 22.0 Å². The van der Waals surface area contributed by atoms with Crippen LogP contribution < -0.4 is 4.74 Å². The molecule has 2 unspecified atom stereocenters. The first-order chi connectivity index (χ1) is 47.6. The fourth-order valence-electron chi connectivity index (χ4n) is 13.6. The molecule has 23 heteroatoms. The third kappa shape index (κ3) is 13.9. The van der Waals surface area contributed by atoms with Gasteiger partial charge in [0.1, 0.15) is 40.9 Å². The van der Waals surface area contributed by atoms with E-state index in [2.05, 4.69) is 96.4 Å². The highest BCUT2D eigenvalue weighted by Crippen LogP contribution is 2.37. The highest BCUT2D eigenvalue weighted by atomic mass is 19.1. The summed E-state index contributed by atoms with van der Waals surface area (Å²) in [5, 5.41) is 33.4. The van der Waals surface area contributed by atoms with Crippen LogP contribution in [-0.4, -0.2) is 143 Å². The maximum atomic E-state index is 15.4. The van der Waals surface area contributed by atoms with Crippen molar-refractivity contribution in [2.24, 2.45) is 7.05 Å². The van der Waals surface area contributed by atoms with Crippen LogP contribution in [0.15, 0.2) is 140 Å². The minimum atomic E-state index is -0.451. The van der Waals surface area contributed by atoms with E-state index in [1.807, 2.05) is 99.9 Å². The molecule has 11 heterocycles. The van der Waals surface area contributed by atoms with E-state index in [-0.39, 0.29) is 47.3 Å². The van der Waals surface area contributed by atoms with Crippen LogP contribution >= 0.6 is 0 Å². The number of aryl methyl sites for hydroxylation is 4. The molecule has 98 heavy (non-hydrogen) atoms. The zero-order valence-electron chi connectivity index (χ0n) is 55.5. The molecule has 0 bridgehead atoms. The van der Waals surface area contributed by atoms with E-state index in [4.69, 9.17) is 4.74 Å². The Morgan fingerprint density at radius 2 is 1.18 bits per heavy atom. The standard InChI is InChI=1S/C28H27FN6O.C24H26F2N6.C23H21F2N5/c1-3-34-11-9-19(10-12-34)24-15-22-23(29)13-20(14-26(22)32-31-24)25-16-27(36-21-7-5-4-6-8-21)28-30-18(2)17-35(28)33-25;1-15-10-22(30-32-14-16(2)27-24(15)32)18-11-20(26)19-13-21(28-29-23(19)12-18)17-4-3-7-31(8-5-17)9-6-25;1-3-30-6-4-14(5-7-30)15-8-17-12-26-23(27-21(17)19(24)10-15)16-9-18-13-29(2)28-22(18)20(25)11-16/h4-8,13-17,19H,3,9-12H2,1-2H3;10-14,17H,3-9H2,1-2H3;4,6,8-14H,3,5,7H2,1-2H3. The Morgan fingerprint density at radius 3 is 1.84 bits per heavy atom. The van der Waals surface area contributed by atoms with Gasteiger partial charge >= 0.3 is 0 Å². The summed E-state index contributed by atoms with van der Waals surface area (Å²) in [6.07, 6.45) is 17.0. The second-order valence-electron chi connectivity index (χ2n) is 25.7. The van der Waals surface area contributed by atoms with Crippen molar-refractivity contribution in [3.05, 3.63) is 197 Å². The summed E-state index contributed by atoms with van der Waals surface area (Å²) in [7, 11) is 1.74. The lowest BCUT2D eigenvalue weighted by molar-refractivity contribution is 0.220. The number of aromatic nitrogens is 14. The van der Waals surface area contributed by atoms with Crippen molar-refractivity contribution in [1.82, 2.24) is 84.0 Å². The smallest absolute Gasteiger partial charge is 0.197 e. The van der Waals surface area contributed by atoms with E-state index in [1.165, 1.54) is 18.2 Å². The molecular weight excluding hydrogens is 1250 g/mol. The average molecular weight is 1320 g/mol. The quantitative estimate of drug-likeness (QED) is 0.106. The van der Waals surface area contributed by atoms with Crippen molar-refractivity contribution in [3.63, 3.8) is 0 Å².